The van der Waals surface area contributed by atoms with Crippen LogP contribution < -0.4 is 0 Å². The third kappa shape index (κ3) is 3.32. The molecule has 0 aromatic carbocycles. The number of furan rings is 1. The molecule has 0 N–H and O–H groups in total. The Bertz CT molecular complexity index is 540. The van der Waals surface area contributed by atoms with E-state index in [1.165, 1.54) is 37.8 Å². The Kier molecular flexibility index (Phi) is 4.05. The lowest BCUT2D eigenvalue weighted by Crippen LogP contribution is -2.31. The minimum atomic E-state index is -0.623. The van der Waals surface area contributed by atoms with E-state index in [1.807, 2.05) is 0 Å². The van der Waals surface area contributed by atoms with Gasteiger partial charge in [0.2, 0.25) is 0 Å². The fourth-order valence-electron chi connectivity index (χ4n) is 3.59. The molecule has 0 unspecified atom stereocenters. The van der Waals surface area contributed by atoms with Crippen LogP contribution in [0.2, 0.25) is 0 Å². The number of hydrogen-bond donors (Lipinski definition) is 0. The molecule has 1 saturated carbocycles. The Labute approximate surface area is 123 Å². The second kappa shape index (κ2) is 5.97. The molecule has 1 saturated heterocycles. The molecule has 0 amide bonds. The summed E-state index contributed by atoms with van der Waals surface area (Å²) in [5, 5.41) is 10.5. The largest absolute Gasteiger partial charge is 0.433 e. The van der Waals surface area contributed by atoms with E-state index >= 15 is 0 Å². The fourth-order valence-corrected chi connectivity index (χ4v) is 3.59. The lowest BCUT2D eigenvalue weighted by molar-refractivity contribution is -0.402. The molecule has 1 aromatic rings. The van der Waals surface area contributed by atoms with Crippen LogP contribution in [0.1, 0.15) is 42.7 Å². The van der Waals surface area contributed by atoms with E-state index in [2.05, 4.69) is 4.90 Å². The molecule has 1 aromatic heterocycles. The number of likely N-dealkylation sites (tertiary alicyclic amines) is 1. The van der Waals surface area contributed by atoms with Gasteiger partial charge in [0, 0.05) is 19.5 Å². The zero-order valence-electron chi connectivity index (χ0n) is 12.0. The summed E-state index contributed by atoms with van der Waals surface area (Å²) in [6.45, 7) is 2.87. The van der Waals surface area contributed by atoms with Gasteiger partial charge in [-0.1, -0.05) is 6.42 Å². The van der Waals surface area contributed by atoms with Crippen molar-refractivity contribution in [2.45, 2.75) is 32.1 Å². The molecule has 6 heteroatoms. The normalized spacial score (nSPS) is 25.7. The zero-order chi connectivity index (χ0) is 14.8. The molecule has 1 aliphatic carbocycles. The van der Waals surface area contributed by atoms with Gasteiger partial charge >= 0.3 is 5.88 Å². The van der Waals surface area contributed by atoms with Crippen molar-refractivity contribution >= 4 is 11.7 Å². The van der Waals surface area contributed by atoms with Crippen LogP contribution in [0, 0.1) is 22.0 Å². The van der Waals surface area contributed by atoms with Crippen molar-refractivity contribution in [3.05, 3.63) is 28.0 Å². The van der Waals surface area contributed by atoms with Crippen molar-refractivity contribution in [2.75, 3.05) is 19.6 Å². The van der Waals surface area contributed by atoms with Crippen LogP contribution in [0.15, 0.2) is 16.5 Å². The maximum Gasteiger partial charge on any atom is 0.433 e. The highest BCUT2D eigenvalue weighted by Gasteiger charge is 2.30. The number of hydrogen-bond acceptors (Lipinski definition) is 5. The van der Waals surface area contributed by atoms with Crippen molar-refractivity contribution in [1.29, 1.82) is 0 Å². The second-order valence-corrected chi connectivity index (χ2v) is 6.20. The van der Waals surface area contributed by atoms with Crippen LogP contribution in [-0.4, -0.2) is 35.2 Å². The van der Waals surface area contributed by atoms with Gasteiger partial charge in [-0.3, -0.25) is 14.9 Å². The molecule has 1 aliphatic heterocycles. The summed E-state index contributed by atoms with van der Waals surface area (Å²) in [4.78, 5) is 24.3. The molecule has 2 atom stereocenters. The Balaban J connectivity index is 1.52. The standard InChI is InChI=1S/C15H20N2O4/c18-13(14-3-4-15(21-14)17(19)20)6-8-16-7-5-11-1-2-12(9-11)10-16/h3-4,11-12H,1-2,5-10H2/t11-,12+/m1/s1. The first-order valence-corrected chi connectivity index (χ1v) is 7.61. The quantitative estimate of drug-likeness (QED) is 0.474. The van der Waals surface area contributed by atoms with E-state index in [4.69, 9.17) is 4.42 Å². The summed E-state index contributed by atoms with van der Waals surface area (Å²) < 4.78 is 4.95. The number of carbonyl (C=O) groups excluding carboxylic acids is 1. The molecular weight excluding hydrogens is 272 g/mol. The number of Topliss-reactive ketones (excluding diaryl/α,β-unsaturated/α-hetero) is 1. The Morgan fingerprint density at radius 1 is 1.33 bits per heavy atom. The molecule has 6 nitrogen and oxygen atoms in total. The third-order valence-electron chi connectivity index (χ3n) is 4.72. The molecule has 21 heavy (non-hydrogen) atoms. The highest BCUT2D eigenvalue weighted by Crippen LogP contribution is 2.36. The van der Waals surface area contributed by atoms with Crippen LogP contribution in [-0.2, 0) is 0 Å². The van der Waals surface area contributed by atoms with Gasteiger partial charge in [0.25, 0.3) is 0 Å². The first-order valence-electron chi connectivity index (χ1n) is 7.61. The topological polar surface area (TPSA) is 76.6 Å². The number of fused-ring (bicyclic) bond motifs is 2. The summed E-state index contributed by atoms with van der Waals surface area (Å²) in [6, 6.07) is 2.63. The average molecular weight is 292 g/mol. The number of nitrogens with zero attached hydrogens (tertiary/aromatic N) is 2. The second-order valence-electron chi connectivity index (χ2n) is 6.20. The lowest BCUT2D eigenvalue weighted by Gasteiger charge is -2.23. The van der Waals surface area contributed by atoms with Gasteiger partial charge in [0.1, 0.15) is 4.92 Å². The maximum absolute atomic E-state index is 12.0. The Hall–Kier alpha value is -1.69. The van der Waals surface area contributed by atoms with E-state index in [0.717, 1.165) is 31.5 Å². The van der Waals surface area contributed by atoms with E-state index < -0.39 is 4.92 Å². The van der Waals surface area contributed by atoms with Gasteiger partial charge in [-0.25, -0.2) is 0 Å². The van der Waals surface area contributed by atoms with Crippen molar-refractivity contribution in [3.8, 4) is 0 Å². The van der Waals surface area contributed by atoms with Crippen molar-refractivity contribution in [2.24, 2.45) is 11.8 Å². The van der Waals surface area contributed by atoms with E-state index in [0.29, 0.717) is 6.42 Å². The summed E-state index contributed by atoms with van der Waals surface area (Å²) in [7, 11) is 0. The van der Waals surface area contributed by atoms with Crippen LogP contribution >= 0.6 is 0 Å². The Morgan fingerprint density at radius 2 is 2.14 bits per heavy atom. The van der Waals surface area contributed by atoms with Gasteiger partial charge < -0.3 is 9.32 Å². The molecule has 0 radical (unpaired) electrons. The summed E-state index contributed by atoms with van der Waals surface area (Å²) in [6.07, 6.45) is 5.63. The first-order chi connectivity index (χ1) is 10.1. The third-order valence-corrected chi connectivity index (χ3v) is 4.72. The molecule has 2 heterocycles. The van der Waals surface area contributed by atoms with E-state index in [-0.39, 0.29) is 17.4 Å². The smallest absolute Gasteiger partial charge is 0.397 e. The Morgan fingerprint density at radius 3 is 2.90 bits per heavy atom. The van der Waals surface area contributed by atoms with E-state index in [1.54, 1.807) is 0 Å². The van der Waals surface area contributed by atoms with Gasteiger partial charge in [-0.2, -0.15) is 0 Å². The zero-order valence-corrected chi connectivity index (χ0v) is 12.0. The minimum absolute atomic E-state index is 0.0954. The first kappa shape index (κ1) is 14.3. The van der Waals surface area contributed by atoms with Crippen LogP contribution in [0.4, 0.5) is 5.88 Å². The minimum Gasteiger partial charge on any atom is -0.397 e. The highest BCUT2D eigenvalue weighted by molar-refractivity contribution is 5.93. The number of carbonyl (C=O) groups is 1. The predicted octanol–water partition coefficient (Wildman–Crippen LogP) is 2.88. The monoisotopic (exact) mass is 292 g/mol. The van der Waals surface area contributed by atoms with Gasteiger partial charge in [0.15, 0.2) is 11.5 Å². The van der Waals surface area contributed by atoms with Gasteiger partial charge in [-0.15, -0.1) is 0 Å². The molecule has 2 aliphatic rings. The van der Waals surface area contributed by atoms with Crippen molar-refractivity contribution < 1.29 is 14.1 Å². The SMILES string of the molecule is O=C(CCN1CC[C@H]2CC[C@@H](C2)C1)c1ccc([N+](=O)[O-])o1. The summed E-state index contributed by atoms with van der Waals surface area (Å²) in [5.41, 5.74) is 0. The molecule has 0 spiro atoms. The van der Waals surface area contributed by atoms with Crippen LogP contribution in [0.25, 0.3) is 0 Å². The molecule has 114 valence electrons. The molecule has 2 fully saturated rings. The van der Waals surface area contributed by atoms with Crippen molar-refractivity contribution in [3.63, 3.8) is 0 Å². The van der Waals surface area contributed by atoms with Crippen LogP contribution in [0.3, 0.4) is 0 Å². The fraction of sp³-hybridized carbons (Fsp3) is 0.667. The number of nitro groups is 1. The number of ketones is 1. The van der Waals surface area contributed by atoms with E-state index in [9.17, 15) is 14.9 Å². The average Bonchev–Trinajstić information content (AvgIpc) is 3.04. The molecular formula is C15H20N2O4. The summed E-state index contributed by atoms with van der Waals surface area (Å²) >= 11 is 0. The number of rotatable bonds is 5. The van der Waals surface area contributed by atoms with Crippen molar-refractivity contribution in [1.82, 2.24) is 4.90 Å². The van der Waals surface area contributed by atoms with Gasteiger partial charge in [-0.05, 0) is 43.7 Å². The van der Waals surface area contributed by atoms with Gasteiger partial charge in [0.05, 0.1) is 6.07 Å². The summed E-state index contributed by atoms with van der Waals surface area (Å²) in [5.74, 6) is 1.24. The molecule has 2 bridgehead atoms. The molecule has 3 rings (SSSR count). The predicted molar refractivity (Wildman–Crippen MR) is 76.2 cm³/mol. The maximum atomic E-state index is 12.0. The highest BCUT2D eigenvalue weighted by atomic mass is 16.6. The van der Waals surface area contributed by atoms with Crippen LogP contribution in [0.5, 0.6) is 0 Å². The lowest BCUT2D eigenvalue weighted by atomic mass is 10.0.